The Kier molecular flexibility index (Phi) is 2.68. The zero-order valence-electron chi connectivity index (χ0n) is 8.25. The number of alkyl halides is 3. The van der Waals surface area contributed by atoms with Crippen LogP contribution in [0.2, 0.25) is 0 Å². The van der Waals surface area contributed by atoms with E-state index in [0.717, 1.165) is 5.69 Å². The van der Waals surface area contributed by atoms with Crippen molar-refractivity contribution in [2.45, 2.75) is 12.6 Å². The molecule has 0 atom stereocenters. The summed E-state index contributed by atoms with van der Waals surface area (Å²) in [5.41, 5.74) is 1.65. The number of nitrogens with one attached hydrogen (secondary N) is 1. The number of fused-ring (bicyclic) bond motifs is 1. The number of halogens is 3. The molecule has 16 heavy (non-hydrogen) atoms. The summed E-state index contributed by atoms with van der Waals surface area (Å²) in [7, 11) is 0. The van der Waals surface area contributed by atoms with Crippen LogP contribution in [0.3, 0.4) is 0 Å². The minimum absolute atomic E-state index is 0.237. The lowest BCUT2D eigenvalue weighted by atomic mass is 10.1. The molecule has 0 aliphatic carbocycles. The molecule has 1 N–H and O–H groups in total. The molecule has 0 aromatic heterocycles. The van der Waals surface area contributed by atoms with E-state index in [9.17, 15) is 13.2 Å². The standard InChI is InChI=1S/C11H9F3N2/c12-11(13,14)6-8-1-2-10-9(5-8)7-15-3-4-16-10/h1-5,7,16H,6H2. The second-order valence-electron chi connectivity index (χ2n) is 3.45. The van der Waals surface area contributed by atoms with Gasteiger partial charge in [0.15, 0.2) is 0 Å². The van der Waals surface area contributed by atoms with Crippen molar-refractivity contribution in [2.24, 2.45) is 4.99 Å². The third-order valence-electron chi connectivity index (χ3n) is 2.13. The molecular weight excluding hydrogens is 217 g/mol. The van der Waals surface area contributed by atoms with Crippen molar-refractivity contribution in [3.8, 4) is 0 Å². The second kappa shape index (κ2) is 4.00. The summed E-state index contributed by atoms with van der Waals surface area (Å²) in [5, 5.41) is 2.93. The first-order chi connectivity index (χ1) is 7.54. The predicted octanol–water partition coefficient (Wildman–Crippen LogP) is 3.11. The first-order valence-electron chi connectivity index (χ1n) is 4.69. The zero-order chi connectivity index (χ0) is 11.6. The van der Waals surface area contributed by atoms with Gasteiger partial charge in [-0.15, -0.1) is 0 Å². The van der Waals surface area contributed by atoms with E-state index in [1.54, 1.807) is 18.5 Å². The lowest BCUT2D eigenvalue weighted by molar-refractivity contribution is -0.127. The van der Waals surface area contributed by atoms with E-state index in [1.165, 1.54) is 18.3 Å². The van der Waals surface area contributed by atoms with Crippen LogP contribution in [0, 0.1) is 0 Å². The molecule has 1 heterocycles. The molecule has 0 spiro atoms. The maximum absolute atomic E-state index is 12.2. The van der Waals surface area contributed by atoms with Gasteiger partial charge in [-0.1, -0.05) is 6.07 Å². The smallest absolute Gasteiger partial charge is 0.360 e. The molecule has 1 aromatic carbocycles. The minimum Gasteiger partial charge on any atom is -0.360 e. The maximum Gasteiger partial charge on any atom is 0.393 e. The van der Waals surface area contributed by atoms with Gasteiger partial charge in [0, 0.05) is 29.9 Å². The molecule has 1 aromatic rings. The fourth-order valence-electron chi connectivity index (χ4n) is 1.49. The molecule has 84 valence electrons. The summed E-state index contributed by atoms with van der Waals surface area (Å²) in [6.45, 7) is 0. The van der Waals surface area contributed by atoms with Crippen LogP contribution in [-0.2, 0) is 6.42 Å². The maximum atomic E-state index is 12.2. The van der Waals surface area contributed by atoms with Crippen molar-refractivity contribution in [3.63, 3.8) is 0 Å². The quantitative estimate of drug-likeness (QED) is 0.781. The highest BCUT2D eigenvalue weighted by atomic mass is 19.4. The normalized spacial score (nSPS) is 14.2. The molecule has 0 saturated heterocycles. The Morgan fingerprint density at radius 1 is 1.25 bits per heavy atom. The van der Waals surface area contributed by atoms with E-state index in [0.29, 0.717) is 5.56 Å². The summed E-state index contributed by atoms with van der Waals surface area (Å²) in [6.07, 6.45) is -0.385. The highest BCUT2D eigenvalue weighted by Crippen LogP contribution is 2.24. The monoisotopic (exact) mass is 226 g/mol. The van der Waals surface area contributed by atoms with E-state index in [4.69, 9.17) is 0 Å². The van der Waals surface area contributed by atoms with Crippen molar-refractivity contribution in [3.05, 3.63) is 41.7 Å². The second-order valence-corrected chi connectivity index (χ2v) is 3.45. The summed E-state index contributed by atoms with van der Waals surface area (Å²) in [4.78, 5) is 3.90. The molecule has 0 radical (unpaired) electrons. The van der Waals surface area contributed by atoms with Gasteiger partial charge in [-0.05, 0) is 17.7 Å². The van der Waals surface area contributed by atoms with Gasteiger partial charge in [-0.3, -0.25) is 4.99 Å². The Morgan fingerprint density at radius 2 is 2.06 bits per heavy atom. The Labute approximate surface area is 90.5 Å². The molecule has 0 unspecified atom stereocenters. The average molecular weight is 226 g/mol. The number of rotatable bonds is 1. The van der Waals surface area contributed by atoms with Crippen molar-refractivity contribution in [1.29, 1.82) is 0 Å². The fourth-order valence-corrected chi connectivity index (χ4v) is 1.49. The number of hydrogen-bond donors (Lipinski definition) is 1. The number of benzene rings is 1. The first kappa shape index (κ1) is 10.7. The van der Waals surface area contributed by atoms with Gasteiger partial charge in [0.25, 0.3) is 0 Å². The van der Waals surface area contributed by atoms with Gasteiger partial charge in [0.1, 0.15) is 0 Å². The van der Waals surface area contributed by atoms with Crippen LogP contribution >= 0.6 is 0 Å². The molecular formula is C11H9F3N2. The molecule has 0 bridgehead atoms. The lowest BCUT2D eigenvalue weighted by Gasteiger charge is -2.09. The van der Waals surface area contributed by atoms with Crippen LogP contribution in [0.25, 0.3) is 0 Å². The van der Waals surface area contributed by atoms with Crippen LogP contribution in [0.5, 0.6) is 0 Å². The van der Waals surface area contributed by atoms with E-state index >= 15 is 0 Å². The lowest BCUT2D eigenvalue weighted by Crippen LogP contribution is -2.11. The van der Waals surface area contributed by atoms with Crippen molar-refractivity contribution in [1.82, 2.24) is 0 Å². The van der Waals surface area contributed by atoms with Gasteiger partial charge >= 0.3 is 6.18 Å². The number of nitrogens with zero attached hydrogens (tertiary/aromatic N) is 1. The Hall–Kier alpha value is -1.78. The third kappa shape index (κ3) is 2.62. The van der Waals surface area contributed by atoms with Crippen LogP contribution < -0.4 is 5.32 Å². The largest absolute Gasteiger partial charge is 0.393 e. The third-order valence-corrected chi connectivity index (χ3v) is 2.13. The number of aliphatic imine (C=N–C) groups is 1. The minimum atomic E-state index is -4.18. The Morgan fingerprint density at radius 3 is 2.81 bits per heavy atom. The van der Waals surface area contributed by atoms with E-state index in [1.807, 2.05) is 0 Å². The topological polar surface area (TPSA) is 24.4 Å². The molecule has 1 aliphatic rings. The van der Waals surface area contributed by atoms with E-state index in [2.05, 4.69) is 10.3 Å². The molecule has 2 rings (SSSR count). The van der Waals surface area contributed by atoms with Crippen LogP contribution in [0.4, 0.5) is 18.9 Å². The fraction of sp³-hybridized carbons (Fsp3) is 0.182. The van der Waals surface area contributed by atoms with Gasteiger partial charge in [-0.2, -0.15) is 13.2 Å². The summed E-state index contributed by atoms with van der Waals surface area (Å²) in [6, 6.07) is 4.58. The molecule has 0 saturated carbocycles. The van der Waals surface area contributed by atoms with Gasteiger partial charge in [0.2, 0.25) is 0 Å². The Bertz CT molecular complexity index is 447. The SMILES string of the molecule is FC(F)(F)Cc1ccc2c(c1)C=NC=CN2. The molecule has 2 nitrogen and oxygen atoms in total. The van der Waals surface area contributed by atoms with Crippen molar-refractivity contribution < 1.29 is 13.2 Å². The molecule has 5 heteroatoms. The van der Waals surface area contributed by atoms with Crippen LogP contribution in [-0.4, -0.2) is 12.4 Å². The van der Waals surface area contributed by atoms with E-state index in [-0.39, 0.29) is 5.56 Å². The van der Waals surface area contributed by atoms with Crippen molar-refractivity contribution in [2.75, 3.05) is 5.32 Å². The average Bonchev–Trinajstić information content (AvgIpc) is 2.39. The highest BCUT2D eigenvalue weighted by molar-refractivity contribution is 5.89. The van der Waals surface area contributed by atoms with Crippen LogP contribution in [0.15, 0.2) is 35.6 Å². The molecule has 0 amide bonds. The molecule has 0 fully saturated rings. The summed E-state index contributed by atoms with van der Waals surface area (Å²) < 4.78 is 36.6. The zero-order valence-corrected chi connectivity index (χ0v) is 8.25. The van der Waals surface area contributed by atoms with Gasteiger partial charge in [-0.25, -0.2) is 0 Å². The van der Waals surface area contributed by atoms with Crippen molar-refractivity contribution >= 4 is 11.9 Å². The number of anilines is 1. The highest BCUT2D eigenvalue weighted by Gasteiger charge is 2.27. The number of hydrogen-bond acceptors (Lipinski definition) is 2. The first-order valence-corrected chi connectivity index (χ1v) is 4.69. The van der Waals surface area contributed by atoms with E-state index < -0.39 is 12.6 Å². The summed E-state index contributed by atoms with van der Waals surface area (Å²) >= 11 is 0. The predicted molar refractivity (Wildman–Crippen MR) is 56.6 cm³/mol. The molecule has 1 aliphatic heterocycles. The van der Waals surface area contributed by atoms with Gasteiger partial charge < -0.3 is 5.32 Å². The Balaban J connectivity index is 2.29. The van der Waals surface area contributed by atoms with Crippen LogP contribution in [0.1, 0.15) is 11.1 Å². The summed E-state index contributed by atoms with van der Waals surface area (Å²) in [5.74, 6) is 0. The van der Waals surface area contributed by atoms with Gasteiger partial charge in [0.05, 0.1) is 6.42 Å².